The highest BCUT2D eigenvalue weighted by Crippen LogP contribution is 2.24. The van der Waals surface area contributed by atoms with Crippen LogP contribution in [0, 0.1) is 0 Å². The minimum atomic E-state index is -0.862. The fraction of sp³-hybridized carbons (Fsp3) is 0.400. The molecule has 1 atom stereocenters. The standard InChI is InChI=1S/C15H21NO4S/c1-4-7-21-10-13(15(17)18)16-9-11-5-6-12(19-2)8-14(11)20-3/h4-6,8,13,16H,1,7,9-10H2,2-3H3,(H,17,18)/t13-/m0/s1. The highest BCUT2D eigenvalue weighted by molar-refractivity contribution is 7.99. The van der Waals surface area contributed by atoms with E-state index < -0.39 is 12.0 Å². The zero-order valence-electron chi connectivity index (χ0n) is 12.3. The number of aliphatic carboxylic acids is 1. The van der Waals surface area contributed by atoms with Gasteiger partial charge in [0.15, 0.2) is 0 Å². The van der Waals surface area contributed by atoms with Crippen LogP contribution in [0.15, 0.2) is 30.9 Å². The van der Waals surface area contributed by atoms with E-state index in [4.69, 9.17) is 9.47 Å². The van der Waals surface area contributed by atoms with E-state index in [1.165, 1.54) is 11.8 Å². The Kier molecular flexibility index (Phi) is 7.71. The van der Waals surface area contributed by atoms with Crippen molar-refractivity contribution in [1.82, 2.24) is 5.32 Å². The zero-order chi connectivity index (χ0) is 15.7. The summed E-state index contributed by atoms with van der Waals surface area (Å²) >= 11 is 1.53. The first kappa shape index (κ1) is 17.4. The number of hydrogen-bond donors (Lipinski definition) is 2. The third kappa shape index (κ3) is 5.69. The monoisotopic (exact) mass is 311 g/mol. The smallest absolute Gasteiger partial charge is 0.321 e. The van der Waals surface area contributed by atoms with Crippen molar-refractivity contribution in [3.8, 4) is 11.5 Å². The molecule has 2 N–H and O–H groups in total. The molecule has 0 amide bonds. The number of nitrogens with one attached hydrogen (secondary N) is 1. The number of methoxy groups -OCH3 is 2. The maximum absolute atomic E-state index is 11.2. The highest BCUT2D eigenvalue weighted by Gasteiger charge is 2.17. The highest BCUT2D eigenvalue weighted by atomic mass is 32.2. The number of benzene rings is 1. The van der Waals surface area contributed by atoms with Crippen LogP contribution in [0.2, 0.25) is 0 Å². The summed E-state index contributed by atoms with van der Waals surface area (Å²) in [6.45, 7) is 4.03. The van der Waals surface area contributed by atoms with E-state index in [0.29, 0.717) is 23.8 Å². The lowest BCUT2D eigenvalue weighted by molar-refractivity contribution is -0.138. The molecule has 1 aromatic rings. The fourth-order valence-corrected chi connectivity index (χ4v) is 2.52. The quantitative estimate of drug-likeness (QED) is 0.510. The summed E-state index contributed by atoms with van der Waals surface area (Å²) in [6.07, 6.45) is 1.76. The van der Waals surface area contributed by atoms with Crippen molar-refractivity contribution in [3.63, 3.8) is 0 Å². The molecule has 1 rings (SSSR count). The Labute approximate surface area is 129 Å². The number of thioether (sulfide) groups is 1. The van der Waals surface area contributed by atoms with Gasteiger partial charge in [0.1, 0.15) is 17.5 Å². The third-order valence-corrected chi connectivity index (χ3v) is 3.89. The number of carbonyl (C=O) groups is 1. The Morgan fingerprint density at radius 1 is 1.48 bits per heavy atom. The van der Waals surface area contributed by atoms with Gasteiger partial charge in [-0.25, -0.2) is 0 Å². The van der Waals surface area contributed by atoms with Crippen LogP contribution in [0.1, 0.15) is 5.56 Å². The maximum atomic E-state index is 11.2. The Morgan fingerprint density at radius 2 is 2.24 bits per heavy atom. The molecular weight excluding hydrogens is 290 g/mol. The average molecular weight is 311 g/mol. The summed E-state index contributed by atoms with van der Waals surface area (Å²) in [5.74, 6) is 1.73. The molecule has 0 spiro atoms. The van der Waals surface area contributed by atoms with E-state index in [2.05, 4.69) is 11.9 Å². The molecule has 0 aliphatic rings. The number of rotatable bonds is 10. The molecule has 0 bridgehead atoms. The Balaban J connectivity index is 2.66. The van der Waals surface area contributed by atoms with Crippen molar-refractivity contribution in [2.45, 2.75) is 12.6 Å². The largest absolute Gasteiger partial charge is 0.497 e. The van der Waals surface area contributed by atoms with Crippen molar-refractivity contribution in [1.29, 1.82) is 0 Å². The van der Waals surface area contributed by atoms with E-state index in [-0.39, 0.29) is 0 Å². The SMILES string of the molecule is C=CCSC[C@H](NCc1ccc(OC)cc1OC)C(=O)O. The predicted octanol–water partition coefficient (Wildman–Crippen LogP) is 2.17. The van der Waals surface area contributed by atoms with Crippen LogP contribution in [0.5, 0.6) is 11.5 Å². The molecule has 0 aliphatic carbocycles. The van der Waals surface area contributed by atoms with Gasteiger partial charge in [-0.15, -0.1) is 6.58 Å². The first-order chi connectivity index (χ1) is 10.1. The lowest BCUT2D eigenvalue weighted by Crippen LogP contribution is -2.38. The molecular formula is C15H21NO4S. The molecule has 0 aromatic heterocycles. The van der Waals surface area contributed by atoms with Crippen molar-refractivity contribution < 1.29 is 19.4 Å². The van der Waals surface area contributed by atoms with E-state index in [1.54, 1.807) is 26.4 Å². The van der Waals surface area contributed by atoms with Crippen molar-refractivity contribution in [2.75, 3.05) is 25.7 Å². The summed E-state index contributed by atoms with van der Waals surface area (Å²) < 4.78 is 10.4. The Hall–Kier alpha value is -1.66. The van der Waals surface area contributed by atoms with E-state index in [0.717, 1.165) is 11.3 Å². The summed E-state index contributed by atoms with van der Waals surface area (Å²) in [4.78, 5) is 11.2. The summed E-state index contributed by atoms with van der Waals surface area (Å²) in [5, 5.41) is 12.2. The molecule has 0 radical (unpaired) electrons. The minimum absolute atomic E-state index is 0.415. The van der Waals surface area contributed by atoms with Crippen LogP contribution in [-0.4, -0.2) is 42.8 Å². The number of hydrogen-bond acceptors (Lipinski definition) is 5. The molecule has 0 saturated carbocycles. The van der Waals surface area contributed by atoms with Gasteiger partial charge in [0.2, 0.25) is 0 Å². The van der Waals surface area contributed by atoms with Crippen LogP contribution < -0.4 is 14.8 Å². The number of ether oxygens (including phenoxy) is 2. The Bertz CT molecular complexity index is 479. The topological polar surface area (TPSA) is 67.8 Å². The first-order valence-electron chi connectivity index (χ1n) is 6.48. The lowest BCUT2D eigenvalue weighted by Gasteiger charge is -2.16. The predicted molar refractivity (Wildman–Crippen MR) is 85.3 cm³/mol. The summed E-state index contributed by atoms with van der Waals surface area (Å²) in [7, 11) is 3.16. The van der Waals surface area contributed by atoms with Gasteiger partial charge in [-0.3, -0.25) is 10.1 Å². The van der Waals surface area contributed by atoms with E-state index in [9.17, 15) is 9.90 Å². The van der Waals surface area contributed by atoms with Crippen molar-refractivity contribution in [2.24, 2.45) is 0 Å². The van der Waals surface area contributed by atoms with Crippen molar-refractivity contribution in [3.05, 3.63) is 36.4 Å². The number of carboxylic acids is 1. The van der Waals surface area contributed by atoms with Gasteiger partial charge in [-0.1, -0.05) is 12.1 Å². The van der Waals surface area contributed by atoms with Crippen LogP contribution in [0.25, 0.3) is 0 Å². The average Bonchev–Trinajstić information content (AvgIpc) is 2.50. The van der Waals surface area contributed by atoms with Crippen LogP contribution >= 0.6 is 11.8 Å². The van der Waals surface area contributed by atoms with Gasteiger partial charge in [-0.2, -0.15) is 11.8 Å². The molecule has 0 saturated heterocycles. The second-order valence-electron chi connectivity index (χ2n) is 4.28. The molecule has 21 heavy (non-hydrogen) atoms. The van der Waals surface area contributed by atoms with Crippen LogP contribution in [0.3, 0.4) is 0 Å². The van der Waals surface area contributed by atoms with Gasteiger partial charge in [0.05, 0.1) is 14.2 Å². The van der Waals surface area contributed by atoms with E-state index >= 15 is 0 Å². The summed E-state index contributed by atoms with van der Waals surface area (Å²) in [5.41, 5.74) is 0.887. The molecule has 1 aromatic carbocycles. The number of carboxylic acid groups (broad SMARTS) is 1. The normalized spacial score (nSPS) is 11.7. The molecule has 0 fully saturated rings. The molecule has 5 nitrogen and oxygen atoms in total. The van der Waals surface area contributed by atoms with Crippen LogP contribution in [-0.2, 0) is 11.3 Å². The molecule has 116 valence electrons. The van der Waals surface area contributed by atoms with Crippen molar-refractivity contribution >= 4 is 17.7 Å². The summed E-state index contributed by atoms with van der Waals surface area (Å²) in [6, 6.07) is 4.85. The molecule has 0 unspecified atom stereocenters. The second-order valence-corrected chi connectivity index (χ2v) is 5.35. The Morgan fingerprint density at radius 3 is 2.81 bits per heavy atom. The van der Waals surface area contributed by atoms with Gasteiger partial charge >= 0.3 is 5.97 Å². The van der Waals surface area contributed by atoms with E-state index in [1.807, 2.05) is 12.1 Å². The molecule has 6 heteroatoms. The van der Waals surface area contributed by atoms with Gasteiger partial charge in [0.25, 0.3) is 0 Å². The second kappa shape index (κ2) is 9.31. The molecule has 0 heterocycles. The van der Waals surface area contributed by atoms with Gasteiger partial charge in [-0.05, 0) is 6.07 Å². The third-order valence-electron chi connectivity index (χ3n) is 2.85. The molecule has 0 aliphatic heterocycles. The zero-order valence-corrected chi connectivity index (χ0v) is 13.1. The minimum Gasteiger partial charge on any atom is -0.497 e. The van der Waals surface area contributed by atoms with Crippen LogP contribution in [0.4, 0.5) is 0 Å². The fourth-order valence-electron chi connectivity index (χ4n) is 1.72. The lowest BCUT2D eigenvalue weighted by atomic mass is 10.1. The maximum Gasteiger partial charge on any atom is 0.321 e. The van der Waals surface area contributed by atoms with Gasteiger partial charge in [0, 0.05) is 29.7 Å². The van der Waals surface area contributed by atoms with Gasteiger partial charge < -0.3 is 14.6 Å². The first-order valence-corrected chi connectivity index (χ1v) is 7.63.